The van der Waals surface area contributed by atoms with E-state index in [0.29, 0.717) is 12.8 Å². The third-order valence-corrected chi connectivity index (χ3v) is 1.29. The van der Waals surface area contributed by atoms with E-state index in [-0.39, 0.29) is 35.5 Å². The standard InChI is InChI=1S/C5H7NO3.Na/c7-4-2-1-3(6-4)5(8)9;/h3H,1-2H2,(H,6,7)(H,8,9);/t3-;/m1./s1. The van der Waals surface area contributed by atoms with Crippen LogP contribution in [0.5, 0.6) is 0 Å². The molecule has 5 heteroatoms. The molecule has 0 unspecified atom stereocenters. The molecule has 1 aliphatic heterocycles. The number of aliphatic carboxylic acids is 1. The summed E-state index contributed by atoms with van der Waals surface area (Å²) < 4.78 is 0. The van der Waals surface area contributed by atoms with Crippen LogP contribution in [-0.2, 0) is 9.59 Å². The third kappa shape index (κ3) is 2.28. The minimum absolute atomic E-state index is 0. The Labute approximate surface area is 80.3 Å². The summed E-state index contributed by atoms with van der Waals surface area (Å²) in [5, 5.41) is 10.6. The zero-order valence-electron chi connectivity index (χ0n) is 5.76. The Morgan fingerprint density at radius 1 is 1.70 bits per heavy atom. The molecule has 0 saturated carbocycles. The van der Waals surface area contributed by atoms with Crippen LogP contribution in [-0.4, -0.2) is 52.6 Å². The second-order valence-electron chi connectivity index (χ2n) is 2.00. The fourth-order valence-corrected chi connectivity index (χ4v) is 0.799. The van der Waals surface area contributed by atoms with Crippen LogP contribution in [0.3, 0.4) is 0 Å². The first-order chi connectivity index (χ1) is 4.20. The van der Waals surface area contributed by atoms with Crippen molar-refractivity contribution in [2.24, 2.45) is 0 Å². The summed E-state index contributed by atoms with van der Waals surface area (Å²) in [4.78, 5) is 20.5. The van der Waals surface area contributed by atoms with Gasteiger partial charge in [-0.2, -0.15) is 0 Å². The quantitative estimate of drug-likeness (QED) is 0.472. The summed E-state index contributed by atoms with van der Waals surface area (Å²) in [7, 11) is 0. The molecule has 1 atom stereocenters. The van der Waals surface area contributed by atoms with Crippen molar-refractivity contribution in [3.05, 3.63) is 0 Å². The van der Waals surface area contributed by atoms with E-state index in [4.69, 9.17) is 5.11 Å². The maximum Gasteiger partial charge on any atom is 0.326 e. The van der Waals surface area contributed by atoms with Gasteiger partial charge in [0.05, 0.1) is 0 Å². The van der Waals surface area contributed by atoms with Gasteiger partial charge in [-0.1, -0.05) is 0 Å². The van der Waals surface area contributed by atoms with Crippen molar-refractivity contribution in [2.75, 3.05) is 0 Å². The van der Waals surface area contributed by atoms with Crippen LogP contribution >= 0.6 is 0 Å². The average Bonchev–Trinajstić information content (AvgIpc) is 2.14. The molecule has 0 spiro atoms. The summed E-state index contributed by atoms with van der Waals surface area (Å²) in [5.41, 5.74) is 0. The molecule has 0 aromatic rings. The van der Waals surface area contributed by atoms with Gasteiger partial charge in [-0.3, -0.25) is 4.79 Å². The van der Waals surface area contributed by atoms with Crippen LogP contribution in [0.15, 0.2) is 0 Å². The van der Waals surface area contributed by atoms with Gasteiger partial charge in [-0.05, 0) is 6.42 Å². The molecule has 0 aromatic carbocycles. The third-order valence-electron chi connectivity index (χ3n) is 1.29. The van der Waals surface area contributed by atoms with Gasteiger partial charge in [0.1, 0.15) is 6.04 Å². The molecule has 2 N–H and O–H groups in total. The Hall–Kier alpha value is -0.0600. The van der Waals surface area contributed by atoms with E-state index in [9.17, 15) is 9.59 Å². The van der Waals surface area contributed by atoms with Gasteiger partial charge in [-0.15, -0.1) is 0 Å². The number of carbonyl (C=O) groups is 2. The molecule has 1 heterocycles. The Morgan fingerprint density at radius 2 is 2.30 bits per heavy atom. The number of carbonyl (C=O) groups excluding carboxylic acids is 1. The minimum Gasteiger partial charge on any atom is -0.480 e. The Balaban J connectivity index is 0.000000810. The summed E-state index contributed by atoms with van der Waals surface area (Å²) in [5.74, 6) is -1.11. The summed E-state index contributed by atoms with van der Waals surface area (Å²) in [6, 6.07) is -0.641. The molecule has 4 nitrogen and oxygen atoms in total. The molecule has 0 aliphatic carbocycles. The number of hydrogen-bond donors (Lipinski definition) is 2. The SMILES string of the molecule is O=C1CC[C@H](C(=O)O)N1.[Na]. The summed E-state index contributed by atoms with van der Waals surface area (Å²) >= 11 is 0. The van der Waals surface area contributed by atoms with Crippen molar-refractivity contribution in [3.63, 3.8) is 0 Å². The maximum atomic E-state index is 10.4. The van der Waals surface area contributed by atoms with Gasteiger partial charge in [-0.25, -0.2) is 4.79 Å². The van der Waals surface area contributed by atoms with Crippen LogP contribution in [0.1, 0.15) is 12.8 Å². The fraction of sp³-hybridized carbons (Fsp3) is 0.600. The zero-order valence-corrected chi connectivity index (χ0v) is 7.76. The number of nitrogens with one attached hydrogen (secondary N) is 1. The average molecular weight is 152 g/mol. The van der Waals surface area contributed by atoms with Gasteiger partial charge in [0.2, 0.25) is 5.91 Å². The van der Waals surface area contributed by atoms with Crippen LogP contribution in [0, 0.1) is 0 Å². The first-order valence-corrected chi connectivity index (χ1v) is 2.72. The first kappa shape index (κ1) is 9.94. The number of carboxylic acids is 1. The van der Waals surface area contributed by atoms with Gasteiger partial charge in [0.15, 0.2) is 0 Å². The van der Waals surface area contributed by atoms with E-state index in [1.54, 1.807) is 0 Å². The predicted octanol–water partition coefficient (Wildman–Crippen LogP) is -1.03. The van der Waals surface area contributed by atoms with E-state index in [0.717, 1.165) is 0 Å². The molecule has 1 fully saturated rings. The number of hydrogen-bond acceptors (Lipinski definition) is 2. The molecule has 1 radical (unpaired) electrons. The van der Waals surface area contributed by atoms with Crippen molar-refractivity contribution in [3.8, 4) is 0 Å². The Morgan fingerprint density at radius 3 is 2.50 bits per heavy atom. The predicted molar refractivity (Wildman–Crippen MR) is 34.6 cm³/mol. The molecule has 0 aromatic heterocycles. The topological polar surface area (TPSA) is 66.4 Å². The Bertz CT molecular complexity index is 159. The molecule has 1 amide bonds. The van der Waals surface area contributed by atoms with Crippen molar-refractivity contribution >= 4 is 41.4 Å². The molecular formula is C5H7NNaO3. The van der Waals surface area contributed by atoms with E-state index >= 15 is 0 Å². The van der Waals surface area contributed by atoms with E-state index in [2.05, 4.69) is 5.32 Å². The van der Waals surface area contributed by atoms with Crippen molar-refractivity contribution < 1.29 is 14.7 Å². The van der Waals surface area contributed by atoms with Crippen LogP contribution in [0.4, 0.5) is 0 Å². The molecule has 10 heavy (non-hydrogen) atoms. The van der Waals surface area contributed by atoms with Gasteiger partial charge >= 0.3 is 5.97 Å². The number of rotatable bonds is 1. The number of amides is 1. The molecular weight excluding hydrogens is 145 g/mol. The maximum absolute atomic E-state index is 10.4. The molecule has 1 saturated heterocycles. The molecule has 51 valence electrons. The smallest absolute Gasteiger partial charge is 0.326 e. The summed E-state index contributed by atoms with van der Waals surface area (Å²) in [6.07, 6.45) is 0.769. The fourth-order valence-electron chi connectivity index (χ4n) is 0.799. The van der Waals surface area contributed by atoms with Crippen molar-refractivity contribution in [1.82, 2.24) is 5.32 Å². The minimum atomic E-state index is -0.944. The van der Waals surface area contributed by atoms with Gasteiger partial charge in [0, 0.05) is 36.0 Å². The second-order valence-corrected chi connectivity index (χ2v) is 2.00. The van der Waals surface area contributed by atoms with Gasteiger partial charge < -0.3 is 10.4 Å². The van der Waals surface area contributed by atoms with Crippen LogP contribution in [0.2, 0.25) is 0 Å². The molecule has 1 rings (SSSR count). The molecule has 0 bridgehead atoms. The molecule has 1 aliphatic rings. The van der Waals surface area contributed by atoms with E-state index in [1.807, 2.05) is 0 Å². The Kier molecular flexibility index (Phi) is 3.93. The van der Waals surface area contributed by atoms with Gasteiger partial charge in [0.25, 0.3) is 0 Å². The summed E-state index contributed by atoms with van der Waals surface area (Å²) in [6.45, 7) is 0. The monoisotopic (exact) mass is 152 g/mol. The van der Waals surface area contributed by atoms with Crippen molar-refractivity contribution in [1.29, 1.82) is 0 Å². The van der Waals surface area contributed by atoms with Crippen molar-refractivity contribution in [2.45, 2.75) is 18.9 Å². The van der Waals surface area contributed by atoms with Crippen LogP contribution < -0.4 is 5.32 Å². The van der Waals surface area contributed by atoms with E-state index < -0.39 is 12.0 Å². The number of carboxylic acid groups (broad SMARTS) is 1. The first-order valence-electron chi connectivity index (χ1n) is 2.72. The second kappa shape index (κ2) is 3.95. The van der Waals surface area contributed by atoms with Crippen LogP contribution in [0.25, 0.3) is 0 Å². The zero-order chi connectivity index (χ0) is 6.85. The van der Waals surface area contributed by atoms with E-state index in [1.165, 1.54) is 0 Å². The largest absolute Gasteiger partial charge is 0.480 e. The normalized spacial score (nSPS) is 23.2.